The molecular weight excluding hydrogens is 476 g/mol. The molecule has 1 atom stereocenters. The first-order chi connectivity index (χ1) is 16.9. The molecule has 0 bridgehead atoms. The van der Waals surface area contributed by atoms with E-state index in [1.54, 1.807) is 24.0 Å². The van der Waals surface area contributed by atoms with E-state index in [1.165, 1.54) is 31.0 Å². The number of ether oxygens (including phenoxy) is 3. The number of aliphatic imine (C=N–C) groups is 1. The van der Waals surface area contributed by atoms with Gasteiger partial charge in [-0.1, -0.05) is 11.8 Å². The Balaban J connectivity index is 1.67. The van der Waals surface area contributed by atoms with Crippen LogP contribution in [-0.2, 0) is 23.8 Å². The number of thioether (sulfide) groups is 1. The number of nitro benzene ring substituents is 1. The Bertz CT molecular complexity index is 1090. The summed E-state index contributed by atoms with van der Waals surface area (Å²) in [5, 5.41) is 13.7. The first-order valence-electron chi connectivity index (χ1n) is 11.1. The van der Waals surface area contributed by atoms with Gasteiger partial charge in [0.05, 0.1) is 48.5 Å². The molecule has 0 aromatic heterocycles. The first kappa shape index (κ1) is 24.9. The van der Waals surface area contributed by atoms with Crippen LogP contribution < -0.4 is 0 Å². The third kappa shape index (κ3) is 5.39. The highest BCUT2D eigenvalue weighted by Crippen LogP contribution is 2.45. The molecule has 3 aliphatic rings. The lowest BCUT2D eigenvalue weighted by atomic mass is 9.93. The number of non-ortho nitro benzene ring substituents is 1. The normalized spacial score (nSPS) is 19.8. The summed E-state index contributed by atoms with van der Waals surface area (Å²) in [5.41, 5.74) is 2.09. The molecule has 0 spiro atoms. The number of carbonyl (C=O) groups excluding carboxylic acids is 2. The summed E-state index contributed by atoms with van der Waals surface area (Å²) in [7, 11) is 1.51. The number of amides is 1. The van der Waals surface area contributed by atoms with Crippen molar-refractivity contribution in [1.29, 1.82) is 0 Å². The van der Waals surface area contributed by atoms with E-state index in [0.29, 0.717) is 54.0 Å². The number of nitrogens with zero attached hydrogens (tertiary/aromatic N) is 4. The first-order valence-corrected chi connectivity index (χ1v) is 12.0. The third-order valence-electron chi connectivity index (χ3n) is 5.86. The number of carbonyl (C=O) groups is 2. The molecule has 0 N–H and O–H groups in total. The van der Waals surface area contributed by atoms with Gasteiger partial charge in [0.15, 0.2) is 5.17 Å². The minimum atomic E-state index is -0.655. The number of methoxy groups -OCH3 is 1. The summed E-state index contributed by atoms with van der Waals surface area (Å²) >= 11 is 1.37. The maximum absolute atomic E-state index is 13.2. The van der Waals surface area contributed by atoms with Crippen molar-refractivity contribution >= 4 is 34.5 Å². The van der Waals surface area contributed by atoms with Crippen molar-refractivity contribution in [2.75, 3.05) is 46.6 Å². The Morgan fingerprint density at radius 3 is 2.60 bits per heavy atom. The number of nitro groups is 1. The minimum Gasteiger partial charge on any atom is -0.460 e. The number of fused-ring (bicyclic) bond motifs is 1. The minimum absolute atomic E-state index is 0.0423. The monoisotopic (exact) mass is 502 g/mol. The van der Waals surface area contributed by atoms with Gasteiger partial charge in [0.1, 0.15) is 6.61 Å². The number of rotatable bonds is 8. The van der Waals surface area contributed by atoms with Crippen LogP contribution in [0.5, 0.6) is 0 Å². The Morgan fingerprint density at radius 1 is 1.23 bits per heavy atom. The molecule has 1 amide bonds. The molecule has 1 fully saturated rings. The van der Waals surface area contributed by atoms with Crippen molar-refractivity contribution in [2.45, 2.75) is 19.4 Å². The highest BCUT2D eigenvalue weighted by Gasteiger charge is 2.41. The zero-order chi connectivity index (χ0) is 24.9. The molecule has 3 heterocycles. The van der Waals surface area contributed by atoms with E-state index in [1.807, 2.05) is 10.3 Å². The van der Waals surface area contributed by atoms with Gasteiger partial charge in [0, 0.05) is 38.0 Å². The third-order valence-corrected chi connectivity index (χ3v) is 6.75. The van der Waals surface area contributed by atoms with Crippen molar-refractivity contribution in [1.82, 2.24) is 9.80 Å². The smallest absolute Gasteiger partial charge is 0.338 e. The molecule has 0 aliphatic carbocycles. The van der Waals surface area contributed by atoms with Crippen LogP contribution in [0.3, 0.4) is 0 Å². The summed E-state index contributed by atoms with van der Waals surface area (Å²) in [6.07, 6.45) is 0.126. The molecule has 0 radical (unpaired) electrons. The standard InChI is InChI=1S/C23H26N4O7S/c1-15-20(22(29)34-12-11-32-2)21(16-3-5-17(6-4-16)27(30)31)26-18(14-35-23(26)24-15)13-19(28)25-7-9-33-10-8-25/h3-6,14,21H,7-13H2,1-2H3/t21-/m0/s1. The van der Waals surface area contributed by atoms with Crippen LogP contribution >= 0.6 is 11.8 Å². The Kier molecular flexibility index (Phi) is 7.83. The summed E-state index contributed by atoms with van der Waals surface area (Å²) in [4.78, 5) is 45.1. The molecule has 0 unspecified atom stereocenters. The molecule has 186 valence electrons. The van der Waals surface area contributed by atoms with E-state index < -0.39 is 16.9 Å². The predicted octanol–water partition coefficient (Wildman–Crippen LogP) is 2.61. The fraction of sp³-hybridized carbons (Fsp3) is 0.435. The summed E-state index contributed by atoms with van der Waals surface area (Å²) in [6.45, 7) is 4.11. The molecule has 3 aliphatic heterocycles. The lowest BCUT2D eigenvalue weighted by Crippen LogP contribution is -2.42. The largest absolute Gasteiger partial charge is 0.460 e. The second kappa shape index (κ2) is 11.0. The molecule has 0 saturated carbocycles. The van der Waals surface area contributed by atoms with Gasteiger partial charge in [0.2, 0.25) is 5.91 Å². The van der Waals surface area contributed by atoms with Gasteiger partial charge < -0.3 is 24.0 Å². The van der Waals surface area contributed by atoms with E-state index in [-0.39, 0.29) is 31.2 Å². The van der Waals surface area contributed by atoms with Crippen LogP contribution in [0.1, 0.15) is 24.9 Å². The van der Waals surface area contributed by atoms with Crippen LogP contribution in [0.4, 0.5) is 5.69 Å². The molecule has 1 aromatic carbocycles. The second-order valence-electron chi connectivity index (χ2n) is 8.04. The maximum atomic E-state index is 13.2. The molecule has 4 rings (SSSR count). The van der Waals surface area contributed by atoms with E-state index in [0.717, 1.165) is 0 Å². The van der Waals surface area contributed by atoms with E-state index in [2.05, 4.69) is 4.99 Å². The van der Waals surface area contributed by atoms with E-state index >= 15 is 0 Å². The van der Waals surface area contributed by atoms with E-state index in [4.69, 9.17) is 14.2 Å². The van der Waals surface area contributed by atoms with Gasteiger partial charge in [-0.05, 0) is 30.0 Å². The average Bonchev–Trinajstić information content (AvgIpc) is 3.25. The number of amidine groups is 1. The van der Waals surface area contributed by atoms with Gasteiger partial charge in [-0.2, -0.15) is 0 Å². The highest BCUT2D eigenvalue weighted by molar-refractivity contribution is 8.16. The van der Waals surface area contributed by atoms with Crippen molar-refractivity contribution < 1.29 is 28.7 Å². The number of benzene rings is 1. The van der Waals surface area contributed by atoms with Crippen molar-refractivity contribution in [3.63, 3.8) is 0 Å². The number of hydrogen-bond donors (Lipinski definition) is 0. The Hall–Kier alpha value is -3.22. The second-order valence-corrected chi connectivity index (χ2v) is 8.88. The molecule has 1 saturated heterocycles. The van der Waals surface area contributed by atoms with Gasteiger partial charge >= 0.3 is 5.97 Å². The fourth-order valence-electron chi connectivity index (χ4n) is 4.10. The van der Waals surface area contributed by atoms with Crippen LogP contribution in [0.2, 0.25) is 0 Å². The lowest BCUT2D eigenvalue weighted by molar-refractivity contribution is -0.384. The maximum Gasteiger partial charge on any atom is 0.338 e. The van der Waals surface area contributed by atoms with Gasteiger partial charge in [-0.25, -0.2) is 9.79 Å². The SMILES string of the molecule is COCCOC(=O)C1=C(C)N=C2SC=C(CC(=O)N3CCOCC3)N2[C@H]1c1ccc([N+](=O)[O-])cc1. The number of allylic oxidation sites excluding steroid dienone is 1. The lowest BCUT2D eigenvalue weighted by Gasteiger charge is -2.37. The topological polar surface area (TPSA) is 124 Å². The van der Waals surface area contributed by atoms with Gasteiger partial charge in [0.25, 0.3) is 5.69 Å². The van der Waals surface area contributed by atoms with Crippen molar-refractivity contribution in [3.8, 4) is 0 Å². The van der Waals surface area contributed by atoms with Crippen LogP contribution in [0.25, 0.3) is 0 Å². The number of hydrogen-bond acceptors (Lipinski definition) is 10. The predicted molar refractivity (Wildman–Crippen MR) is 128 cm³/mol. The quantitative estimate of drug-likeness (QED) is 0.228. The number of morpholine rings is 1. The van der Waals surface area contributed by atoms with Crippen molar-refractivity contribution in [3.05, 3.63) is 62.3 Å². The molecule has 1 aromatic rings. The van der Waals surface area contributed by atoms with Crippen molar-refractivity contribution in [2.24, 2.45) is 4.99 Å². The van der Waals surface area contributed by atoms with Gasteiger partial charge in [-0.15, -0.1) is 0 Å². The van der Waals surface area contributed by atoms with Crippen LogP contribution in [0, 0.1) is 10.1 Å². The molecule has 35 heavy (non-hydrogen) atoms. The Labute approximate surface area is 206 Å². The highest BCUT2D eigenvalue weighted by atomic mass is 32.2. The van der Waals surface area contributed by atoms with Gasteiger partial charge in [-0.3, -0.25) is 14.9 Å². The zero-order valence-corrected chi connectivity index (χ0v) is 20.3. The Morgan fingerprint density at radius 2 is 1.94 bits per heavy atom. The average molecular weight is 503 g/mol. The zero-order valence-electron chi connectivity index (χ0n) is 19.5. The van der Waals surface area contributed by atoms with Crippen LogP contribution in [0.15, 0.2) is 51.6 Å². The molecular formula is C23H26N4O7S. The summed E-state index contributed by atoms with van der Waals surface area (Å²) < 4.78 is 15.8. The van der Waals surface area contributed by atoms with E-state index in [9.17, 15) is 19.7 Å². The van der Waals surface area contributed by atoms with Crippen LogP contribution in [-0.4, -0.2) is 78.4 Å². The number of esters is 1. The summed E-state index contributed by atoms with van der Waals surface area (Å²) in [6, 6.07) is 5.37. The molecule has 12 heteroatoms. The fourth-order valence-corrected chi connectivity index (χ4v) is 5.06. The summed E-state index contributed by atoms with van der Waals surface area (Å²) in [5.74, 6) is -0.596. The molecule has 11 nitrogen and oxygen atoms in total.